The van der Waals surface area contributed by atoms with Gasteiger partial charge in [0.05, 0.1) is 0 Å². The van der Waals surface area contributed by atoms with Crippen LogP contribution >= 0.6 is 0 Å². The average molecular weight is 448 g/mol. The van der Waals surface area contributed by atoms with Gasteiger partial charge in [0.25, 0.3) is 0 Å². The highest BCUT2D eigenvalue weighted by molar-refractivity contribution is 5.92. The van der Waals surface area contributed by atoms with E-state index in [1.165, 1.54) is 0 Å². The van der Waals surface area contributed by atoms with Crippen molar-refractivity contribution in [2.24, 2.45) is 5.92 Å². The van der Waals surface area contributed by atoms with Crippen molar-refractivity contribution in [2.75, 3.05) is 6.54 Å². The number of carbonyl (C=O) groups excluding carboxylic acids is 3. The highest BCUT2D eigenvalue weighted by Gasteiger charge is 2.38. The molecule has 1 rings (SSSR count). The molecular formula is C25H41N3O4. The molecule has 32 heavy (non-hydrogen) atoms. The summed E-state index contributed by atoms with van der Waals surface area (Å²) in [6.45, 7) is 15.4. The van der Waals surface area contributed by atoms with Crippen LogP contribution in [0.2, 0.25) is 0 Å². The van der Waals surface area contributed by atoms with E-state index in [1.54, 1.807) is 25.7 Å². The molecule has 1 aromatic rings. The molecule has 2 N–H and O–H groups in total. The zero-order valence-corrected chi connectivity index (χ0v) is 20.9. The highest BCUT2D eigenvalue weighted by Crippen LogP contribution is 2.26. The molecule has 0 fully saturated rings. The third kappa shape index (κ3) is 8.52. The van der Waals surface area contributed by atoms with Crippen LogP contribution in [-0.4, -0.2) is 47.0 Å². The number of nitrogens with zero attached hydrogens (tertiary/aromatic N) is 1. The van der Waals surface area contributed by atoms with Gasteiger partial charge in [0, 0.05) is 12.6 Å². The molecule has 0 saturated heterocycles. The van der Waals surface area contributed by atoms with E-state index in [0.717, 1.165) is 18.4 Å². The number of hydrogen-bond acceptors (Lipinski definition) is 4. The summed E-state index contributed by atoms with van der Waals surface area (Å²) in [7, 11) is 0. The molecule has 1 aromatic carbocycles. The van der Waals surface area contributed by atoms with Gasteiger partial charge in [0.1, 0.15) is 17.7 Å². The van der Waals surface area contributed by atoms with Gasteiger partial charge in [-0.05, 0) is 52.5 Å². The molecular weight excluding hydrogens is 406 g/mol. The molecule has 3 amide bonds. The second-order valence-electron chi connectivity index (χ2n) is 9.66. The van der Waals surface area contributed by atoms with Crippen LogP contribution in [0.5, 0.6) is 0 Å². The Morgan fingerprint density at radius 3 is 2.09 bits per heavy atom. The van der Waals surface area contributed by atoms with Crippen molar-refractivity contribution in [2.45, 2.75) is 92.0 Å². The summed E-state index contributed by atoms with van der Waals surface area (Å²) in [5.74, 6) is -0.748. The van der Waals surface area contributed by atoms with Gasteiger partial charge < -0.3 is 20.3 Å². The van der Waals surface area contributed by atoms with Crippen molar-refractivity contribution in [1.82, 2.24) is 15.5 Å². The number of hydrogen-bond donors (Lipinski definition) is 2. The van der Waals surface area contributed by atoms with Gasteiger partial charge in [0.2, 0.25) is 11.8 Å². The SMILES string of the molecule is CCCCNC(=O)C(c1ccccc1)N(C(=O)C(NC(=O)OC(C)(C)C)C(C)C)C(C)C. The molecule has 0 radical (unpaired) electrons. The first kappa shape index (κ1) is 27.5. The van der Waals surface area contributed by atoms with Crippen LogP contribution in [0.25, 0.3) is 0 Å². The van der Waals surface area contributed by atoms with Crippen LogP contribution in [0.3, 0.4) is 0 Å². The van der Waals surface area contributed by atoms with Crippen LogP contribution in [0.15, 0.2) is 30.3 Å². The molecule has 0 aliphatic carbocycles. The number of ether oxygens (including phenoxy) is 1. The van der Waals surface area contributed by atoms with Gasteiger partial charge in [-0.3, -0.25) is 9.59 Å². The highest BCUT2D eigenvalue weighted by atomic mass is 16.6. The van der Waals surface area contributed by atoms with Crippen molar-refractivity contribution < 1.29 is 19.1 Å². The zero-order chi connectivity index (χ0) is 24.5. The van der Waals surface area contributed by atoms with E-state index in [-0.39, 0.29) is 23.8 Å². The van der Waals surface area contributed by atoms with Gasteiger partial charge >= 0.3 is 6.09 Å². The molecule has 0 spiro atoms. The van der Waals surface area contributed by atoms with Crippen molar-refractivity contribution in [3.8, 4) is 0 Å². The second-order valence-corrected chi connectivity index (χ2v) is 9.66. The molecule has 7 nitrogen and oxygen atoms in total. The Hall–Kier alpha value is -2.57. The Morgan fingerprint density at radius 2 is 1.62 bits per heavy atom. The summed E-state index contributed by atoms with van der Waals surface area (Å²) in [5.41, 5.74) is 0.0429. The first-order valence-corrected chi connectivity index (χ1v) is 11.5. The lowest BCUT2D eigenvalue weighted by Crippen LogP contribution is -2.56. The van der Waals surface area contributed by atoms with Gasteiger partial charge in [-0.1, -0.05) is 57.5 Å². The van der Waals surface area contributed by atoms with Crippen molar-refractivity contribution in [3.05, 3.63) is 35.9 Å². The predicted molar refractivity (Wildman–Crippen MR) is 127 cm³/mol. The van der Waals surface area contributed by atoms with E-state index >= 15 is 0 Å². The Bertz CT molecular complexity index is 741. The summed E-state index contributed by atoms with van der Waals surface area (Å²) in [4.78, 5) is 41.0. The van der Waals surface area contributed by atoms with Gasteiger partial charge in [-0.25, -0.2) is 4.79 Å². The topological polar surface area (TPSA) is 87.7 Å². The molecule has 2 atom stereocenters. The molecule has 0 aliphatic rings. The fraction of sp³-hybridized carbons (Fsp3) is 0.640. The largest absolute Gasteiger partial charge is 0.444 e. The maximum absolute atomic E-state index is 13.8. The Kier molecular flexibility index (Phi) is 10.7. The minimum atomic E-state index is -0.832. The lowest BCUT2D eigenvalue weighted by molar-refractivity contribution is -0.145. The Morgan fingerprint density at radius 1 is 1.03 bits per heavy atom. The van der Waals surface area contributed by atoms with Crippen LogP contribution in [0.4, 0.5) is 4.79 Å². The number of alkyl carbamates (subject to hydrolysis) is 1. The fourth-order valence-electron chi connectivity index (χ4n) is 3.35. The molecule has 0 aromatic heterocycles. The third-order valence-corrected chi connectivity index (χ3v) is 4.89. The third-order valence-electron chi connectivity index (χ3n) is 4.89. The molecule has 0 heterocycles. The Labute approximate surface area is 193 Å². The number of rotatable bonds is 10. The fourth-order valence-corrected chi connectivity index (χ4v) is 3.35. The molecule has 0 aliphatic heterocycles. The van der Waals surface area contributed by atoms with Crippen molar-refractivity contribution >= 4 is 17.9 Å². The smallest absolute Gasteiger partial charge is 0.408 e. The molecule has 180 valence electrons. The molecule has 7 heteroatoms. The number of carbonyl (C=O) groups is 3. The molecule has 0 bridgehead atoms. The average Bonchev–Trinajstić information content (AvgIpc) is 2.68. The number of nitrogens with one attached hydrogen (secondary N) is 2. The first-order chi connectivity index (χ1) is 14.9. The standard InChI is InChI=1S/C25H41N3O4/c1-9-10-16-26-22(29)21(19-14-12-11-13-15-19)28(18(4)5)23(30)20(17(2)3)27-24(31)32-25(6,7)8/h11-15,17-18,20-21H,9-10,16H2,1-8H3,(H,26,29)(H,27,31). The van der Waals surface area contributed by atoms with E-state index in [9.17, 15) is 14.4 Å². The van der Waals surface area contributed by atoms with Gasteiger partial charge in [-0.15, -0.1) is 0 Å². The first-order valence-electron chi connectivity index (χ1n) is 11.5. The summed E-state index contributed by atoms with van der Waals surface area (Å²) in [5, 5.41) is 5.69. The minimum absolute atomic E-state index is 0.198. The van der Waals surface area contributed by atoms with E-state index in [1.807, 2.05) is 58.0 Å². The monoisotopic (exact) mass is 447 g/mol. The Balaban J connectivity index is 3.30. The van der Waals surface area contributed by atoms with E-state index in [2.05, 4.69) is 17.6 Å². The van der Waals surface area contributed by atoms with Crippen LogP contribution < -0.4 is 10.6 Å². The van der Waals surface area contributed by atoms with Gasteiger partial charge in [0.15, 0.2) is 0 Å². The maximum Gasteiger partial charge on any atom is 0.408 e. The van der Waals surface area contributed by atoms with Crippen LogP contribution in [0.1, 0.15) is 79.8 Å². The minimum Gasteiger partial charge on any atom is -0.444 e. The van der Waals surface area contributed by atoms with E-state index < -0.39 is 23.8 Å². The number of benzene rings is 1. The predicted octanol–water partition coefficient (Wildman–Crippen LogP) is 4.43. The van der Waals surface area contributed by atoms with Crippen LogP contribution in [-0.2, 0) is 14.3 Å². The number of amides is 3. The summed E-state index contributed by atoms with van der Waals surface area (Å²) in [6, 6.07) is 7.36. The molecule has 2 unspecified atom stereocenters. The van der Waals surface area contributed by atoms with Crippen LogP contribution in [0, 0.1) is 5.92 Å². The second kappa shape index (κ2) is 12.5. The summed E-state index contributed by atoms with van der Waals surface area (Å²) >= 11 is 0. The van der Waals surface area contributed by atoms with E-state index in [4.69, 9.17) is 4.74 Å². The van der Waals surface area contributed by atoms with Crippen molar-refractivity contribution in [3.63, 3.8) is 0 Å². The maximum atomic E-state index is 13.8. The quantitative estimate of drug-likeness (QED) is 0.520. The lowest BCUT2D eigenvalue weighted by atomic mass is 9.97. The molecule has 0 saturated carbocycles. The number of unbranched alkanes of at least 4 members (excludes halogenated alkanes) is 1. The lowest BCUT2D eigenvalue weighted by Gasteiger charge is -2.38. The van der Waals surface area contributed by atoms with E-state index in [0.29, 0.717) is 6.54 Å². The van der Waals surface area contributed by atoms with Crippen molar-refractivity contribution in [1.29, 1.82) is 0 Å². The normalized spacial score (nSPS) is 13.4. The zero-order valence-electron chi connectivity index (χ0n) is 20.9. The summed E-state index contributed by atoms with van der Waals surface area (Å²) in [6.07, 6.45) is 1.16. The summed E-state index contributed by atoms with van der Waals surface area (Å²) < 4.78 is 5.37. The van der Waals surface area contributed by atoms with Gasteiger partial charge in [-0.2, -0.15) is 0 Å².